The van der Waals surface area contributed by atoms with Crippen molar-refractivity contribution in [2.45, 2.75) is 6.10 Å². The van der Waals surface area contributed by atoms with Gasteiger partial charge in [0.15, 0.2) is 17.6 Å². The van der Waals surface area contributed by atoms with Crippen molar-refractivity contribution in [2.75, 3.05) is 5.73 Å². The third kappa shape index (κ3) is 3.21. The van der Waals surface area contributed by atoms with Crippen LogP contribution in [0.2, 0.25) is 0 Å². The third-order valence-corrected chi connectivity index (χ3v) is 4.34. The molecule has 0 aliphatic carbocycles. The first-order chi connectivity index (χ1) is 13.6. The number of hydrogen-bond donors (Lipinski definition) is 2. The number of carbonyl (C=O) groups is 2. The van der Waals surface area contributed by atoms with E-state index in [9.17, 15) is 9.59 Å². The molecule has 0 saturated heterocycles. The maximum Gasteiger partial charge on any atom is 0.361 e. The number of ketones is 1. The molecule has 0 amide bonds. The van der Waals surface area contributed by atoms with E-state index in [0.29, 0.717) is 11.1 Å². The molecule has 0 spiro atoms. The second kappa shape index (κ2) is 7.32. The Morgan fingerprint density at radius 1 is 0.964 bits per heavy atom. The van der Waals surface area contributed by atoms with Gasteiger partial charge in [-0.3, -0.25) is 4.79 Å². The van der Waals surface area contributed by atoms with E-state index in [1.165, 1.54) is 12.4 Å². The van der Waals surface area contributed by atoms with Gasteiger partial charge in [-0.25, -0.2) is 14.8 Å². The van der Waals surface area contributed by atoms with E-state index in [-0.39, 0.29) is 17.3 Å². The molecule has 4 rings (SSSR count). The monoisotopic (exact) mass is 372 g/mol. The van der Waals surface area contributed by atoms with Gasteiger partial charge >= 0.3 is 5.97 Å². The van der Waals surface area contributed by atoms with Crippen LogP contribution in [0.3, 0.4) is 0 Å². The van der Waals surface area contributed by atoms with Crippen LogP contribution in [0.1, 0.15) is 32.5 Å². The highest BCUT2D eigenvalue weighted by molar-refractivity contribution is 6.11. The zero-order valence-electron chi connectivity index (χ0n) is 14.7. The topological polar surface area (TPSA) is 111 Å². The van der Waals surface area contributed by atoms with Crippen molar-refractivity contribution in [3.8, 4) is 0 Å². The number of benzene rings is 2. The van der Waals surface area contributed by atoms with E-state index in [2.05, 4.69) is 15.0 Å². The van der Waals surface area contributed by atoms with Crippen LogP contribution in [-0.2, 0) is 4.74 Å². The van der Waals surface area contributed by atoms with Gasteiger partial charge in [-0.15, -0.1) is 0 Å². The predicted octanol–water partition coefficient (Wildman–Crippen LogP) is 3.32. The Hall–Kier alpha value is -4.00. The Morgan fingerprint density at radius 2 is 1.68 bits per heavy atom. The summed E-state index contributed by atoms with van der Waals surface area (Å²) in [5.74, 6) is -1.22. The van der Waals surface area contributed by atoms with Gasteiger partial charge in [-0.2, -0.15) is 0 Å². The van der Waals surface area contributed by atoms with Crippen LogP contribution in [0.4, 0.5) is 5.82 Å². The average molecular weight is 372 g/mol. The van der Waals surface area contributed by atoms with Crippen LogP contribution >= 0.6 is 0 Å². The Balaban J connectivity index is 1.73. The quantitative estimate of drug-likeness (QED) is 0.411. The van der Waals surface area contributed by atoms with E-state index in [1.54, 1.807) is 30.5 Å². The first-order valence-electron chi connectivity index (χ1n) is 8.58. The average Bonchev–Trinajstić information content (AvgIpc) is 3.16. The molecule has 1 unspecified atom stereocenters. The number of nitrogens with zero attached hydrogens (tertiary/aromatic N) is 2. The van der Waals surface area contributed by atoms with Crippen molar-refractivity contribution in [2.24, 2.45) is 0 Å². The fraction of sp³-hybridized carbons (Fsp3) is 0.0476. The number of Topliss-reactive ketones (excluding diaryl/α,β-unsaturated/α-hetero) is 1. The van der Waals surface area contributed by atoms with Crippen LogP contribution < -0.4 is 5.73 Å². The summed E-state index contributed by atoms with van der Waals surface area (Å²) in [5, 5.41) is 0.753. The summed E-state index contributed by atoms with van der Waals surface area (Å²) in [4.78, 5) is 36.8. The van der Waals surface area contributed by atoms with Gasteiger partial charge < -0.3 is 15.5 Å². The molecule has 2 aromatic heterocycles. The van der Waals surface area contributed by atoms with E-state index >= 15 is 0 Å². The van der Waals surface area contributed by atoms with Crippen molar-refractivity contribution < 1.29 is 14.3 Å². The van der Waals surface area contributed by atoms with Crippen molar-refractivity contribution in [3.63, 3.8) is 0 Å². The van der Waals surface area contributed by atoms with E-state index in [1.807, 2.05) is 30.3 Å². The minimum atomic E-state index is -1.14. The number of esters is 1. The molecule has 2 aromatic carbocycles. The molecule has 0 fully saturated rings. The first-order valence-corrected chi connectivity index (χ1v) is 8.58. The van der Waals surface area contributed by atoms with Crippen molar-refractivity contribution in [3.05, 3.63) is 90.0 Å². The number of hydrogen-bond acceptors (Lipinski definition) is 6. The molecule has 3 N–H and O–H groups in total. The minimum absolute atomic E-state index is 0.0566. The molecule has 0 aliphatic heterocycles. The highest BCUT2D eigenvalue weighted by atomic mass is 16.5. The summed E-state index contributed by atoms with van der Waals surface area (Å²) in [5.41, 5.74) is 7.39. The number of H-pyrrole nitrogens is 1. The summed E-state index contributed by atoms with van der Waals surface area (Å²) < 4.78 is 5.55. The van der Waals surface area contributed by atoms with Gasteiger partial charge in [0.25, 0.3) is 0 Å². The molecule has 0 aliphatic rings. The van der Waals surface area contributed by atoms with Crippen LogP contribution in [0.15, 0.2) is 73.2 Å². The number of nitrogen functional groups attached to an aromatic ring is 1. The number of nitrogens with one attached hydrogen (secondary N) is 1. The van der Waals surface area contributed by atoms with E-state index in [0.717, 1.165) is 10.9 Å². The number of anilines is 1. The molecule has 0 saturated carbocycles. The van der Waals surface area contributed by atoms with Crippen molar-refractivity contribution in [1.82, 2.24) is 15.0 Å². The normalized spacial score (nSPS) is 11.9. The second-order valence-electron chi connectivity index (χ2n) is 6.10. The molecule has 7 heteroatoms. The number of nitrogens with two attached hydrogens (primary N) is 1. The number of aromatic amines is 1. The summed E-state index contributed by atoms with van der Waals surface area (Å²) in [6.07, 6.45) is 3.19. The van der Waals surface area contributed by atoms with E-state index < -0.39 is 12.1 Å². The SMILES string of the molecule is Nc1nccnc1C(=O)OC(C(=O)c1c[nH]c2ccccc12)c1ccccc1. The number of para-hydroxylation sites is 1. The molecule has 1 atom stereocenters. The van der Waals surface area contributed by atoms with Gasteiger partial charge in [0.2, 0.25) is 5.78 Å². The molecule has 0 radical (unpaired) electrons. The highest BCUT2D eigenvalue weighted by Gasteiger charge is 2.29. The Bertz CT molecular complexity index is 1150. The van der Waals surface area contributed by atoms with Gasteiger partial charge in [-0.1, -0.05) is 48.5 Å². The Labute approximate surface area is 160 Å². The molecule has 7 nitrogen and oxygen atoms in total. The fourth-order valence-corrected chi connectivity index (χ4v) is 2.99. The maximum absolute atomic E-state index is 13.3. The lowest BCUT2D eigenvalue weighted by Gasteiger charge is -2.17. The first kappa shape index (κ1) is 17.4. The zero-order chi connectivity index (χ0) is 19.5. The smallest absolute Gasteiger partial charge is 0.361 e. The summed E-state index contributed by atoms with van der Waals surface area (Å²) in [6.45, 7) is 0. The van der Waals surface area contributed by atoms with E-state index in [4.69, 9.17) is 10.5 Å². The van der Waals surface area contributed by atoms with Gasteiger partial charge in [0.1, 0.15) is 0 Å². The zero-order valence-corrected chi connectivity index (χ0v) is 14.7. The largest absolute Gasteiger partial charge is 0.444 e. The van der Waals surface area contributed by atoms with Gasteiger partial charge in [-0.05, 0) is 6.07 Å². The molecule has 28 heavy (non-hydrogen) atoms. The van der Waals surface area contributed by atoms with Crippen molar-refractivity contribution in [1.29, 1.82) is 0 Å². The van der Waals surface area contributed by atoms with Crippen LogP contribution in [0, 0.1) is 0 Å². The van der Waals surface area contributed by atoms with Gasteiger partial charge in [0, 0.05) is 40.6 Å². The number of aromatic nitrogens is 3. The second-order valence-corrected chi connectivity index (χ2v) is 6.10. The standard InChI is InChI=1S/C21H16N4O3/c22-20-17(23-10-11-24-20)21(27)28-19(13-6-2-1-3-7-13)18(26)15-12-25-16-9-5-4-8-14(15)16/h1-12,19,25H,(H2,22,24). The van der Waals surface area contributed by atoms with Crippen LogP contribution in [0.25, 0.3) is 10.9 Å². The molecule has 2 heterocycles. The lowest BCUT2D eigenvalue weighted by atomic mass is 9.99. The lowest BCUT2D eigenvalue weighted by Crippen LogP contribution is -2.21. The summed E-state index contributed by atoms with van der Waals surface area (Å²) >= 11 is 0. The highest BCUT2D eigenvalue weighted by Crippen LogP contribution is 2.28. The molecule has 4 aromatic rings. The fourth-order valence-electron chi connectivity index (χ4n) is 2.99. The molecular formula is C21H16N4O3. The van der Waals surface area contributed by atoms with Crippen molar-refractivity contribution >= 4 is 28.5 Å². The number of ether oxygens (including phenoxy) is 1. The molecular weight excluding hydrogens is 356 g/mol. The number of carbonyl (C=O) groups excluding carboxylic acids is 2. The third-order valence-electron chi connectivity index (χ3n) is 4.34. The maximum atomic E-state index is 13.3. The number of rotatable bonds is 5. The Morgan fingerprint density at radius 3 is 2.46 bits per heavy atom. The van der Waals surface area contributed by atoms with Gasteiger partial charge in [0.05, 0.1) is 0 Å². The van der Waals surface area contributed by atoms with Crippen LogP contribution in [0.5, 0.6) is 0 Å². The molecule has 138 valence electrons. The predicted molar refractivity (Wildman–Crippen MR) is 104 cm³/mol. The number of fused-ring (bicyclic) bond motifs is 1. The molecule has 0 bridgehead atoms. The summed E-state index contributed by atoms with van der Waals surface area (Å²) in [6, 6.07) is 16.2. The van der Waals surface area contributed by atoms with Crippen LogP contribution in [-0.4, -0.2) is 26.7 Å². The minimum Gasteiger partial charge on any atom is -0.444 e. The Kier molecular flexibility index (Phi) is 4.55. The lowest BCUT2D eigenvalue weighted by molar-refractivity contribution is 0.0275. The summed E-state index contributed by atoms with van der Waals surface area (Å²) in [7, 11) is 0.